The minimum Gasteiger partial charge on any atom is -0.381 e. The predicted octanol–water partition coefficient (Wildman–Crippen LogP) is 1.82. The molecule has 0 unspecified atom stereocenters. The molecular formula is C17H21FN2O3. The lowest BCUT2D eigenvalue weighted by Gasteiger charge is -2.32. The van der Waals surface area contributed by atoms with Crippen molar-refractivity contribution in [3.05, 3.63) is 30.1 Å². The van der Waals surface area contributed by atoms with E-state index in [-0.39, 0.29) is 42.5 Å². The maximum absolute atomic E-state index is 13.9. The third kappa shape index (κ3) is 3.22. The van der Waals surface area contributed by atoms with Crippen LogP contribution in [-0.2, 0) is 14.3 Å². The normalized spacial score (nSPS) is 22.7. The van der Waals surface area contributed by atoms with Gasteiger partial charge < -0.3 is 14.5 Å². The fourth-order valence-electron chi connectivity index (χ4n) is 3.35. The van der Waals surface area contributed by atoms with Crippen LogP contribution in [0.4, 0.5) is 10.1 Å². The summed E-state index contributed by atoms with van der Waals surface area (Å²) < 4.78 is 19.2. The van der Waals surface area contributed by atoms with E-state index in [1.165, 1.54) is 11.0 Å². The lowest BCUT2D eigenvalue weighted by molar-refractivity contribution is -0.138. The second kappa shape index (κ2) is 6.66. The fraction of sp³-hybridized carbons (Fsp3) is 0.529. The highest BCUT2D eigenvalue weighted by Gasteiger charge is 2.38. The first kappa shape index (κ1) is 15.9. The number of hydrogen-bond donors (Lipinski definition) is 0. The average molecular weight is 320 g/mol. The number of benzene rings is 1. The van der Waals surface area contributed by atoms with Crippen LogP contribution < -0.4 is 4.90 Å². The van der Waals surface area contributed by atoms with Crippen LogP contribution in [0.2, 0.25) is 0 Å². The summed E-state index contributed by atoms with van der Waals surface area (Å²) in [7, 11) is 1.68. The molecule has 2 fully saturated rings. The van der Waals surface area contributed by atoms with Gasteiger partial charge in [-0.05, 0) is 25.0 Å². The molecule has 124 valence electrons. The molecule has 5 nitrogen and oxygen atoms in total. The molecule has 0 N–H and O–H groups in total. The third-order valence-electron chi connectivity index (χ3n) is 4.70. The number of nitrogens with zero attached hydrogens (tertiary/aromatic N) is 2. The Morgan fingerprint density at radius 2 is 1.96 bits per heavy atom. The zero-order chi connectivity index (χ0) is 16.4. The molecule has 2 amide bonds. The molecule has 0 saturated carbocycles. The van der Waals surface area contributed by atoms with E-state index >= 15 is 0 Å². The summed E-state index contributed by atoms with van der Waals surface area (Å²) in [6, 6.07) is 6.18. The van der Waals surface area contributed by atoms with Crippen molar-refractivity contribution in [1.29, 1.82) is 0 Å². The van der Waals surface area contributed by atoms with E-state index in [1.54, 1.807) is 30.2 Å². The summed E-state index contributed by atoms with van der Waals surface area (Å²) >= 11 is 0. The van der Waals surface area contributed by atoms with Gasteiger partial charge in [0, 0.05) is 33.2 Å². The Morgan fingerprint density at radius 3 is 2.61 bits per heavy atom. The molecule has 1 aromatic rings. The van der Waals surface area contributed by atoms with Gasteiger partial charge in [-0.25, -0.2) is 4.39 Å². The molecule has 0 aliphatic carbocycles. The smallest absolute Gasteiger partial charge is 0.228 e. The van der Waals surface area contributed by atoms with Crippen molar-refractivity contribution in [2.45, 2.75) is 25.4 Å². The molecule has 0 spiro atoms. The first-order valence-electron chi connectivity index (χ1n) is 7.96. The lowest BCUT2D eigenvalue weighted by Crippen LogP contribution is -2.44. The zero-order valence-electron chi connectivity index (χ0n) is 13.2. The average Bonchev–Trinajstić information content (AvgIpc) is 2.96. The van der Waals surface area contributed by atoms with E-state index in [0.717, 1.165) is 12.8 Å². The van der Waals surface area contributed by atoms with E-state index in [0.29, 0.717) is 13.1 Å². The maximum atomic E-state index is 13.9. The Hall–Kier alpha value is -1.95. The van der Waals surface area contributed by atoms with E-state index < -0.39 is 5.82 Å². The van der Waals surface area contributed by atoms with Crippen molar-refractivity contribution in [2.75, 3.05) is 31.6 Å². The Balaban J connectivity index is 1.66. The number of piperidine rings is 1. The largest absolute Gasteiger partial charge is 0.381 e. The third-order valence-corrected chi connectivity index (χ3v) is 4.70. The predicted molar refractivity (Wildman–Crippen MR) is 83.5 cm³/mol. The highest BCUT2D eigenvalue weighted by Crippen LogP contribution is 2.29. The van der Waals surface area contributed by atoms with Gasteiger partial charge in [0.15, 0.2) is 0 Å². The van der Waals surface area contributed by atoms with Crippen molar-refractivity contribution >= 4 is 17.5 Å². The molecule has 1 aromatic carbocycles. The van der Waals surface area contributed by atoms with Crippen molar-refractivity contribution in [2.24, 2.45) is 5.92 Å². The summed E-state index contributed by atoms with van der Waals surface area (Å²) in [4.78, 5) is 28.0. The summed E-state index contributed by atoms with van der Waals surface area (Å²) in [5.74, 6) is -1.02. The Kier molecular flexibility index (Phi) is 4.61. The van der Waals surface area contributed by atoms with Crippen LogP contribution in [0.15, 0.2) is 24.3 Å². The van der Waals surface area contributed by atoms with Crippen molar-refractivity contribution in [1.82, 2.24) is 4.90 Å². The first-order chi connectivity index (χ1) is 11.1. The van der Waals surface area contributed by atoms with Crippen LogP contribution in [0.3, 0.4) is 0 Å². The molecule has 3 rings (SSSR count). The van der Waals surface area contributed by atoms with E-state index in [9.17, 15) is 14.0 Å². The first-order valence-corrected chi connectivity index (χ1v) is 7.96. The van der Waals surface area contributed by atoms with Crippen LogP contribution in [0, 0.1) is 11.7 Å². The van der Waals surface area contributed by atoms with Gasteiger partial charge in [0.2, 0.25) is 11.8 Å². The van der Waals surface area contributed by atoms with E-state index in [2.05, 4.69) is 0 Å². The molecule has 2 saturated heterocycles. The number of methoxy groups -OCH3 is 1. The van der Waals surface area contributed by atoms with Gasteiger partial charge in [-0.2, -0.15) is 0 Å². The number of amides is 2. The van der Waals surface area contributed by atoms with Crippen molar-refractivity contribution < 1.29 is 18.7 Å². The molecular weight excluding hydrogens is 299 g/mol. The highest BCUT2D eigenvalue weighted by molar-refractivity contribution is 6.00. The van der Waals surface area contributed by atoms with Gasteiger partial charge in [-0.3, -0.25) is 9.59 Å². The van der Waals surface area contributed by atoms with Crippen LogP contribution in [0.1, 0.15) is 19.3 Å². The van der Waals surface area contributed by atoms with Gasteiger partial charge >= 0.3 is 0 Å². The summed E-state index contributed by atoms with van der Waals surface area (Å²) in [6.45, 7) is 1.56. The number of hydrogen-bond acceptors (Lipinski definition) is 3. The zero-order valence-corrected chi connectivity index (χ0v) is 13.2. The number of ether oxygens (including phenoxy) is 1. The topological polar surface area (TPSA) is 49.9 Å². The van der Waals surface area contributed by atoms with Crippen LogP contribution in [0.25, 0.3) is 0 Å². The van der Waals surface area contributed by atoms with Crippen LogP contribution in [-0.4, -0.2) is 49.6 Å². The van der Waals surface area contributed by atoms with Crippen molar-refractivity contribution in [3.63, 3.8) is 0 Å². The number of anilines is 1. The van der Waals surface area contributed by atoms with Gasteiger partial charge in [-0.1, -0.05) is 12.1 Å². The van der Waals surface area contributed by atoms with Crippen LogP contribution in [0.5, 0.6) is 0 Å². The second-order valence-electron chi connectivity index (χ2n) is 6.12. The van der Waals surface area contributed by atoms with E-state index in [4.69, 9.17) is 4.74 Å². The molecule has 2 aliphatic rings. The number of rotatable bonds is 3. The molecule has 6 heteroatoms. The van der Waals surface area contributed by atoms with Gasteiger partial charge in [0.1, 0.15) is 5.82 Å². The Morgan fingerprint density at radius 1 is 1.26 bits per heavy atom. The monoisotopic (exact) mass is 320 g/mol. The highest BCUT2D eigenvalue weighted by atomic mass is 19.1. The number of carbonyl (C=O) groups excluding carboxylic acids is 2. The molecule has 1 atom stereocenters. The van der Waals surface area contributed by atoms with Gasteiger partial charge in [0.05, 0.1) is 17.7 Å². The van der Waals surface area contributed by atoms with Gasteiger partial charge in [0.25, 0.3) is 0 Å². The minimum absolute atomic E-state index is 0.00765. The standard InChI is InChI=1S/C17H21FN2O3/c1-23-13-6-8-19(9-7-13)17(22)12-10-16(21)20(11-12)15-5-3-2-4-14(15)18/h2-5,12-13H,6-11H2,1H3/t12-/m1/s1. The summed E-state index contributed by atoms with van der Waals surface area (Å²) in [5.41, 5.74) is 0.255. The fourth-order valence-corrected chi connectivity index (χ4v) is 3.35. The number of halogens is 1. The van der Waals surface area contributed by atoms with Crippen molar-refractivity contribution in [3.8, 4) is 0 Å². The Labute approximate surface area is 135 Å². The van der Waals surface area contributed by atoms with Gasteiger partial charge in [-0.15, -0.1) is 0 Å². The molecule has 0 bridgehead atoms. The quantitative estimate of drug-likeness (QED) is 0.853. The van der Waals surface area contributed by atoms with E-state index in [1.807, 2.05) is 0 Å². The number of carbonyl (C=O) groups is 2. The minimum atomic E-state index is -0.435. The molecule has 0 aromatic heterocycles. The summed E-state index contributed by atoms with van der Waals surface area (Å²) in [6.07, 6.45) is 2.00. The second-order valence-corrected chi connectivity index (χ2v) is 6.12. The maximum Gasteiger partial charge on any atom is 0.228 e. The SMILES string of the molecule is COC1CCN(C(=O)[C@@H]2CC(=O)N(c3ccccc3F)C2)CC1. The molecule has 2 aliphatic heterocycles. The number of para-hydroxylation sites is 1. The molecule has 23 heavy (non-hydrogen) atoms. The molecule has 0 radical (unpaired) electrons. The van der Waals surface area contributed by atoms with Crippen LogP contribution >= 0.6 is 0 Å². The summed E-state index contributed by atoms with van der Waals surface area (Å²) in [5, 5.41) is 0. The lowest BCUT2D eigenvalue weighted by atomic mass is 10.0. The molecule has 2 heterocycles. The number of likely N-dealkylation sites (tertiary alicyclic amines) is 1. The Bertz CT molecular complexity index is 599.